The van der Waals surface area contributed by atoms with Gasteiger partial charge >= 0.3 is 12.2 Å². The highest BCUT2D eigenvalue weighted by Crippen LogP contribution is 2.44. The molecule has 202 valence electrons. The number of hydrogen-bond acceptors (Lipinski definition) is 5. The van der Waals surface area contributed by atoms with E-state index in [1.165, 1.54) is 11.1 Å². The van der Waals surface area contributed by atoms with Gasteiger partial charge in [-0.1, -0.05) is 60.7 Å². The number of amides is 3. The molecule has 8 nitrogen and oxygen atoms in total. The summed E-state index contributed by atoms with van der Waals surface area (Å²) < 4.78 is 11.0. The predicted molar refractivity (Wildman–Crippen MR) is 147 cm³/mol. The van der Waals surface area contributed by atoms with E-state index in [1.54, 1.807) is 17.0 Å². The van der Waals surface area contributed by atoms with Crippen LogP contribution in [0, 0.1) is 0 Å². The Morgan fingerprint density at radius 3 is 2.15 bits per heavy atom. The molecule has 0 bridgehead atoms. The first kappa shape index (κ1) is 26.3. The summed E-state index contributed by atoms with van der Waals surface area (Å²) in [4.78, 5) is 39.4. The molecule has 0 fully saturated rings. The van der Waals surface area contributed by atoms with Crippen LogP contribution in [0.4, 0.5) is 9.59 Å². The number of rotatable bonds is 6. The van der Waals surface area contributed by atoms with Crippen molar-refractivity contribution < 1.29 is 23.9 Å². The molecule has 2 aliphatic rings. The minimum absolute atomic E-state index is 0.0109. The van der Waals surface area contributed by atoms with Crippen molar-refractivity contribution in [3.8, 4) is 11.1 Å². The molecular weight excluding hydrogens is 494 g/mol. The number of hydrogen-bond donors (Lipinski definition) is 2. The van der Waals surface area contributed by atoms with E-state index in [0.717, 1.165) is 22.3 Å². The minimum Gasteiger partial charge on any atom is -0.449 e. The second kappa shape index (κ2) is 10.8. The van der Waals surface area contributed by atoms with Gasteiger partial charge in [-0.25, -0.2) is 9.59 Å². The zero-order valence-corrected chi connectivity index (χ0v) is 22.5. The molecule has 0 saturated heterocycles. The normalized spacial score (nSPS) is 13.8. The van der Waals surface area contributed by atoms with Crippen molar-refractivity contribution in [2.45, 2.75) is 45.4 Å². The molecule has 1 aliphatic carbocycles. The van der Waals surface area contributed by atoms with Crippen molar-refractivity contribution in [2.24, 2.45) is 0 Å². The lowest BCUT2D eigenvalue weighted by Crippen LogP contribution is -2.36. The van der Waals surface area contributed by atoms with Crippen LogP contribution in [-0.2, 0) is 22.6 Å². The zero-order valence-electron chi connectivity index (χ0n) is 22.5. The standard InChI is InChI=1S/C31H33N3O5/c1-31(2,3)39-30(37)34-17-20-9-8-14-25(26(20)18-34)28(35)32-15-16-33-29(36)38-19-27-23-12-6-4-10-21(23)22-11-5-7-13-24(22)27/h4-14,27H,15-19H2,1-3H3,(H,32,35)(H,33,36). The van der Waals surface area contributed by atoms with Gasteiger partial charge in [0.15, 0.2) is 0 Å². The van der Waals surface area contributed by atoms with Crippen LogP contribution in [0.1, 0.15) is 59.3 Å². The van der Waals surface area contributed by atoms with E-state index in [1.807, 2.05) is 51.1 Å². The maximum absolute atomic E-state index is 12.9. The third-order valence-corrected chi connectivity index (χ3v) is 6.90. The second-order valence-corrected chi connectivity index (χ2v) is 10.8. The molecule has 3 aromatic carbocycles. The number of nitrogens with one attached hydrogen (secondary N) is 2. The Morgan fingerprint density at radius 1 is 0.846 bits per heavy atom. The molecule has 2 N–H and O–H groups in total. The van der Waals surface area contributed by atoms with Gasteiger partial charge in [0.1, 0.15) is 12.2 Å². The smallest absolute Gasteiger partial charge is 0.410 e. The van der Waals surface area contributed by atoms with Gasteiger partial charge < -0.3 is 20.1 Å². The van der Waals surface area contributed by atoms with Crippen molar-refractivity contribution in [1.29, 1.82) is 0 Å². The minimum atomic E-state index is -0.591. The van der Waals surface area contributed by atoms with Crippen molar-refractivity contribution >= 4 is 18.1 Å². The van der Waals surface area contributed by atoms with Gasteiger partial charge in [-0.2, -0.15) is 0 Å². The van der Waals surface area contributed by atoms with Crippen LogP contribution in [-0.4, -0.2) is 48.3 Å². The lowest BCUT2D eigenvalue weighted by molar-refractivity contribution is 0.0241. The zero-order chi connectivity index (χ0) is 27.6. The fourth-order valence-electron chi connectivity index (χ4n) is 5.18. The van der Waals surface area contributed by atoms with E-state index in [2.05, 4.69) is 34.9 Å². The molecule has 8 heteroatoms. The van der Waals surface area contributed by atoms with Gasteiger partial charge in [-0.05, 0) is 60.2 Å². The fraction of sp³-hybridized carbons (Fsp3) is 0.323. The van der Waals surface area contributed by atoms with Crippen LogP contribution >= 0.6 is 0 Å². The molecule has 0 saturated carbocycles. The average Bonchev–Trinajstić information content (AvgIpc) is 3.48. The largest absolute Gasteiger partial charge is 0.449 e. The molecule has 1 heterocycles. The van der Waals surface area contributed by atoms with Crippen LogP contribution in [0.3, 0.4) is 0 Å². The van der Waals surface area contributed by atoms with Crippen LogP contribution in [0.5, 0.6) is 0 Å². The molecule has 0 aromatic heterocycles. The summed E-state index contributed by atoms with van der Waals surface area (Å²) in [6.07, 6.45) is -0.933. The fourth-order valence-corrected chi connectivity index (χ4v) is 5.18. The number of carbonyl (C=O) groups excluding carboxylic acids is 3. The molecule has 1 aliphatic heterocycles. The second-order valence-electron chi connectivity index (χ2n) is 10.8. The van der Waals surface area contributed by atoms with Gasteiger partial charge in [-0.3, -0.25) is 9.69 Å². The topological polar surface area (TPSA) is 97.0 Å². The Hall–Kier alpha value is -4.33. The molecule has 3 aromatic rings. The van der Waals surface area contributed by atoms with Crippen LogP contribution < -0.4 is 10.6 Å². The van der Waals surface area contributed by atoms with Gasteiger partial charge in [0, 0.05) is 31.1 Å². The highest BCUT2D eigenvalue weighted by atomic mass is 16.6. The van der Waals surface area contributed by atoms with E-state index in [4.69, 9.17) is 9.47 Å². The highest BCUT2D eigenvalue weighted by Gasteiger charge is 2.31. The van der Waals surface area contributed by atoms with E-state index < -0.39 is 17.8 Å². The van der Waals surface area contributed by atoms with E-state index in [-0.39, 0.29) is 31.5 Å². The number of alkyl carbamates (subject to hydrolysis) is 1. The maximum atomic E-state index is 12.9. The van der Waals surface area contributed by atoms with Crippen LogP contribution in [0.2, 0.25) is 0 Å². The summed E-state index contributed by atoms with van der Waals surface area (Å²) in [5.74, 6) is -0.268. The van der Waals surface area contributed by atoms with E-state index in [0.29, 0.717) is 18.7 Å². The van der Waals surface area contributed by atoms with E-state index >= 15 is 0 Å². The van der Waals surface area contributed by atoms with Crippen LogP contribution in [0.25, 0.3) is 11.1 Å². The molecule has 0 unspecified atom stereocenters. The summed E-state index contributed by atoms with van der Waals surface area (Å²) in [7, 11) is 0. The Bertz CT molecular complexity index is 1370. The van der Waals surface area contributed by atoms with Gasteiger partial charge in [0.2, 0.25) is 0 Å². The molecular formula is C31H33N3O5. The average molecular weight is 528 g/mol. The first-order chi connectivity index (χ1) is 18.7. The Morgan fingerprint density at radius 2 is 1.49 bits per heavy atom. The summed E-state index contributed by atoms with van der Waals surface area (Å²) in [5, 5.41) is 5.56. The van der Waals surface area contributed by atoms with Crippen molar-refractivity contribution in [3.05, 3.63) is 94.5 Å². The third-order valence-electron chi connectivity index (χ3n) is 6.90. The summed E-state index contributed by atoms with van der Waals surface area (Å²) in [6, 6.07) is 21.8. The quantitative estimate of drug-likeness (QED) is 0.429. The maximum Gasteiger partial charge on any atom is 0.410 e. The van der Waals surface area contributed by atoms with Crippen molar-refractivity contribution in [3.63, 3.8) is 0 Å². The van der Waals surface area contributed by atoms with Gasteiger partial charge in [0.25, 0.3) is 5.91 Å². The monoisotopic (exact) mass is 527 g/mol. The molecule has 39 heavy (non-hydrogen) atoms. The first-order valence-electron chi connectivity index (χ1n) is 13.2. The number of ether oxygens (including phenoxy) is 2. The van der Waals surface area contributed by atoms with Crippen molar-refractivity contribution in [2.75, 3.05) is 19.7 Å². The molecule has 0 radical (unpaired) electrons. The Labute approximate surface area is 228 Å². The number of benzene rings is 3. The summed E-state index contributed by atoms with van der Waals surface area (Å²) >= 11 is 0. The molecule has 3 amide bonds. The molecule has 0 spiro atoms. The van der Waals surface area contributed by atoms with Crippen molar-refractivity contribution in [1.82, 2.24) is 15.5 Å². The van der Waals surface area contributed by atoms with E-state index in [9.17, 15) is 14.4 Å². The summed E-state index contributed by atoms with van der Waals surface area (Å²) in [6.45, 7) is 6.87. The SMILES string of the molecule is CC(C)(C)OC(=O)N1Cc2cccc(C(=O)NCCNC(=O)OCC3c4ccccc4-c4ccccc43)c2C1. The number of nitrogens with zero attached hydrogens (tertiary/aromatic N) is 1. The Kier molecular flexibility index (Phi) is 7.28. The van der Waals surface area contributed by atoms with Crippen LogP contribution in [0.15, 0.2) is 66.7 Å². The highest BCUT2D eigenvalue weighted by molar-refractivity contribution is 5.96. The first-order valence-corrected chi connectivity index (χ1v) is 13.2. The molecule has 0 atom stereocenters. The molecule has 5 rings (SSSR count). The van der Waals surface area contributed by atoms with Gasteiger partial charge in [0.05, 0.1) is 6.54 Å². The lowest BCUT2D eigenvalue weighted by Gasteiger charge is -2.24. The predicted octanol–water partition coefficient (Wildman–Crippen LogP) is 5.21. The third kappa shape index (κ3) is 5.74. The Balaban J connectivity index is 1.10. The number of carbonyl (C=O) groups is 3. The van der Waals surface area contributed by atoms with Gasteiger partial charge in [-0.15, -0.1) is 0 Å². The lowest BCUT2D eigenvalue weighted by atomic mass is 9.98. The number of fused-ring (bicyclic) bond motifs is 4. The summed E-state index contributed by atoms with van der Waals surface area (Å²) in [5.41, 5.74) is 6.30.